The Kier molecular flexibility index (Phi) is 5.66. The number of urea groups is 1. The number of hydrogen-bond acceptors (Lipinski definition) is 3. The summed E-state index contributed by atoms with van der Waals surface area (Å²) in [7, 11) is 2.15. The van der Waals surface area contributed by atoms with E-state index in [0.29, 0.717) is 12.0 Å². The first-order valence-corrected chi connectivity index (χ1v) is 7.89. The Morgan fingerprint density at radius 3 is 2.60 bits per heavy atom. The molecule has 0 aliphatic carbocycles. The van der Waals surface area contributed by atoms with Gasteiger partial charge in [0.15, 0.2) is 0 Å². The monoisotopic (exact) mass is 283 g/mol. The Morgan fingerprint density at radius 1 is 1.35 bits per heavy atom. The van der Waals surface area contributed by atoms with E-state index in [1.807, 2.05) is 13.8 Å². The molecule has 2 rings (SSSR count). The number of amides is 2. The first-order valence-electron chi connectivity index (χ1n) is 7.89. The molecule has 2 aliphatic heterocycles. The van der Waals surface area contributed by atoms with Crippen molar-refractivity contribution in [1.29, 1.82) is 0 Å². The molecular weight excluding hydrogens is 254 g/mol. The highest BCUT2D eigenvalue weighted by Crippen LogP contribution is 2.21. The number of carbonyl (C=O) groups is 1. The van der Waals surface area contributed by atoms with E-state index in [4.69, 9.17) is 4.74 Å². The summed E-state index contributed by atoms with van der Waals surface area (Å²) in [4.78, 5) is 16.9. The molecule has 1 unspecified atom stereocenters. The minimum atomic E-state index is 0.0986. The lowest BCUT2D eigenvalue weighted by Gasteiger charge is -2.38. The van der Waals surface area contributed by atoms with Crippen LogP contribution in [-0.2, 0) is 4.74 Å². The Bertz CT molecular complexity index is 308. The SMILES string of the molecule is CC(C)NC(=O)N(CC1CCOC1)C1CCN(C)CC1. The molecule has 2 aliphatic rings. The topological polar surface area (TPSA) is 44.8 Å². The lowest BCUT2D eigenvalue weighted by Crippen LogP contribution is -2.53. The van der Waals surface area contributed by atoms with Crippen LogP contribution in [0.15, 0.2) is 0 Å². The summed E-state index contributed by atoms with van der Waals surface area (Å²) < 4.78 is 5.46. The van der Waals surface area contributed by atoms with Gasteiger partial charge in [-0.15, -0.1) is 0 Å². The summed E-state index contributed by atoms with van der Waals surface area (Å²) in [5, 5.41) is 3.06. The first-order chi connectivity index (χ1) is 9.56. The fraction of sp³-hybridized carbons (Fsp3) is 0.933. The largest absolute Gasteiger partial charge is 0.381 e. The van der Waals surface area contributed by atoms with Crippen LogP contribution in [0, 0.1) is 5.92 Å². The van der Waals surface area contributed by atoms with Crippen LogP contribution < -0.4 is 5.32 Å². The van der Waals surface area contributed by atoms with E-state index < -0.39 is 0 Å². The molecule has 0 aromatic heterocycles. The van der Waals surface area contributed by atoms with Gasteiger partial charge >= 0.3 is 6.03 Å². The average Bonchev–Trinajstić information content (AvgIpc) is 2.89. The molecule has 1 N–H and O–H groups in total. The van der Waals surface area contributed by atoms with Crippen LogP contribution in [-0.4, -0.2) is 67.8 Å². The summed E-state index contributed by atoms with van der Waals surface area (Å²) in [6, 6.07) is 0.670. The third kappa shape index (κ3) is 4.35. The minimum absolute atomic E-state index is 0.0986. The predicted octanol–water partition coefficient (Wildman–Crippen LogP) is 1.54. The van der Waals surface area contributed by atoms with Crippen LogP contribution in [0.2, 0.25) is 0 Å². The number of nitrogens with one attached hydrogen (secondary N) is 1. The average molecular weight is 283 g/mol. The third-order valence-corrected chi connectivity index (χ3v) is 4.28. The van der Waals surface area contributed by atoms with Crippen molar-refractivity contribution in [1.82, 2.24) is 15.1 Å². The van der Waals surface area contributed by atoms with Crippen LogP contribution in [0.1, 0.15) is 33.1 Å². The van der Waals surface area contributed by atoms with Crippen molar-refractivity contribution in [2.75, 3.05) is 39.9 Å². The zero-order chi connectivity index (χ0) is 14.5. The zero-order valence-corrected chi connectivity index (χ0v) is 13.1. The van der Waals surface area contributed by atoms with Crippen LogP contribution in [0.3, 0.4) is 0 Å². The van der Waals surface area contributed by atoms with E-state index in [0.717, 1.165) is 52.1 Å². The second-order valence-corrected chi connectivity index (χ2v) is 6.52. The minimum Gasteiger partial charge on any atom is -0.381 e. The Labute approximate surface area is 122 Å². The highest BCUT2D eigenvalue weighted by atomic mass is 16.5. The summed E-state index contributed by atoms with van der Waals surface area (Å²) in [6.07, 6.45) is 3.24. The van der Waals surface area contributed by atoms with E-state index >= 15 is 0 Å². The van der Waals surface area contributed by atoms with Crippen molar-refractivity contribution >= 4 is 6.03 Å². The molecule has 0 bridgehead atoms. The fourth-order valence-electron chi connectivity index (χ4n) is 3.04. The number of hydrogen-bond donors (Lipinski definition) is 1. The molecule has 0 aromatic rings. The van der Waals surface area contributed by atoms with Gasteiger partial charge in [0.25, 0.3) is 0 Å². The fourth-order valence-corrected chi connectivity index (χ4v) is 3.04. The van der Waals surface area contributed by atoms with Gasteiger partial charge in [0, 0.05) is 31.2 Å². The molecule has 2 saturated heterocycles. The number of nitrogens with zero attached hydrogens (tertiary/aromatic N) is 2. The second kappa shape index (κ2) is 7.27. The Balaban J connectivity index is 1.96. The van der Waals surface area contributed by atoms with Crippen molar-refractivity contribution in [3.05, 3.63) is 0 Å². The molecule has 0 aromatic carbocycles. The van der Waals surface area contributed by atoms with Crippen LogP contribution in [0.4, 0.5) is 4.79 Å². The first kappa shape index (κ1) is 15.6. The predicted molar refractivity (Wildman–Crippen MR) is 79.8 cm³/mol. The molecule has 116 valence electrons. The maximum absolute atomic E-state index is 12.5. The van der Waals surface area contributed by atoms with Gasteiger partial charge in [-0.05, 0) is 53.2 Å². The maximum Gasteiger partial charge on any atom is 0.317 e. The van der Waals surface area contributed by atoms with E-state index in [9.17, 15) is 4.79 Å². The van der Waals surface area contributed by atoms with Crippen molar-refractivity contribution in [2.24, 2.45) is 5.92 Å². The number of ether oxygens (including phenoxy) is 1. The van der Waals surface area contributed by atoms with Gasteiger partial charge in [-0.25, -0.2) is 4.79 Å². The van der Waals surface area contributed by atoms with E-state index in [2.05, 4.69) is 22.2 Å². The van der Waals surface area contributed by atoms with Gasteiger partial charge in [0.05, 0.1) is 6.61 Å². The van der Waals surface area contributed by atoms with E-state index in [-0.39, 0.29) is 12.1 Å². The normalized spacial score (nSPS) is 25.1. The molecule has 2 amide bonds. The second-order valence-electron chi connectivity index (χ2n) is 6.52. The molecule has 0 saturated carbocycles. The molecular formula is C15H29N3O2. The van der Waals surface area contributed by atoms with Gasteiger partial charge in [-0.3, -0.25) is 0 Å². The highest BCUT2D eigenvalue weighted by molar-refractivity contribution is 5.74. The molecule has 5 nitrogen and oxygen atoms in total. The smallest absolute Gasteiger partial charge is 0.317 e. The Hall–Kier alpha value is -0.810. The van der Waals surface area contributed by atoms with Gasteiger partial charge in [0.2, 0.25) is 0 Å². The Morgan fingerprint density at radius 2 is 2.05 bits per heavy atom. The number of likely N-dealkylation sites (tertiary alicyclic amines) is 1. The maximum atomic E-state index is 12.5. The molecule has 0 radical (unpaired) electrons. The van der Waals surface area contributed by atoms with Gasteiger partial charge in [-0.1, -0.05) is 0 Å². The lowest BCUT2D eigenvalue weighted by molar-refractivity contribution is 0.113. The molecule has 2 heterocycles. The molecule has 20 heavy (non-hydrogen) atoms. The van der Waals surface area contributed by atoms with Crippen molar-refractivity contribution in [3.63, 3.8) is 0 Å². The summed E-state index contributed by atoms with van der Waals surface area (Å²) in [6.45, 7) is 8.68. The molecule has 5 heteroatoms. The summed E-state index contributed by atoms with van der Waals surface area (Å²) in [5.41, 5.74) is 0. The standard InChI is InChI=1S/C15H29N3O2/c1-12(2)16-15(19)18(10-13-6-9-20-11-13)14-4-7-17(3)8-5-14/h12-14H,4-11H2,1-3H3,(H,16,19). The molecule has 1 atom stereocenters. The zero-order valence-electron chi connectivity index (χ0n) is 13.1. The van der Waals surface area contributed by atoms with Gasteiger partial charge in [-0.2, -0.15) is 0 Å². The van der Waals surface area contributed by atoms with Crippen LogP contribution in [0.25, 0.3) is 0 Å². The van der Waals surface area contributed by atoms with Crippen molar-refractivity contribution in [3.8, 4) is 0 Å². The van der Waals surface area contributed by atoms with Crippen LogP contribution >= 0.6 is 0 Å². The van der Waals surface area contributed by atoms with E-state index in [1.54, 1.807) is 0 Å². The number of piperidine rings is 1. The van der Waals surface area contributed by atoms with Crippen LogP contribution in [0.5, 0.6) is 0 Å². The lowest BCUT2D eigenvalue weighted by atomic mass is 10.0. The molecule has 0 spiro atoms. The van der Waals surface area contributed by atoms with E-state index in [1.165, 1.54) is 0 Å². The number of rotatable bonds is 4. The van der Waals surface area contributed by atoms with Crippen molar-refractivity contribution in [2.45, 2.75) is 45.2 Å². The summed E-state index contributed by atoms with van der Waals surface area (Å²) >= 11 is 0. The quantitative estimate of drug-likeness (QED) is 0.851. The van der Waals surface area contributed by atoms with Gasteiger partial charge < -0.3 is 19.9 Å². The third-order valence-electron chi connectivity index (χ3n) is 4.28. The van der Waals surface area contributed by atoms with Crippen molar-refractivity contribution < 1.29 is 9.53 Å². The molecule has 2 fully saturated rings. The van der Waals surface area contributed by atoms with Gasteiger partial charge in [0.1, 0.15) is 0 Å². The number of carbonyl (C=O) groups excluding carboxylic acids is 1. The highest BCUT2D eigenvalue weighted by Gasteiger charge is 2.30. The summed E-state index contributed by atoms with van der Waals surface area (Å²) in [5.74, 6) is 0.507.